The van der Waals surface area contributed by atoms with Crippen molar-refractivity contribution in [1.82, 2.24) is 9.80 Å². The molecule has 4 rings (SSSR count). The van der Waals surface area contributed by atoms with E-state index in [4.69, 9.17) is 5.73 Å². The zero-order chi connectivity index (χ0) is 19.1. The lowest BCUT2D eigenvalue weighted by atomic mass is 9.95. The van der Waals surface area contributed by atoms with Gasteiger partial charge in [-0.1, -0.05) is 17.2 Å². The van der Waals surface area contributed by atoms with Gasteiger partial charge in [0.15, 0.2) is 0 Å². The van der Waals surface area contributed by atoms with Crippen LogP contribution in [0.25, 0.3) is 0 Å². The Morgan fingerprint density at radius 2 is 1.70 bits per heavy atom. The monoisotopic (exact) mass is 369 g/mol. The van der Waals surface area contributed by atoms with E-state index in [1.807, 2.05) is 35.8 Å². The molecule has 2 amide bonds. The Morgan fingerprint density at radius 3 is 2.41 bits per heavy atom. The van der Waals surface area contributed by atoms with Gasteiger partial charge in [-0.25, -0.2) is 0 Å². The largest absolute Gasteiger partial charge is 0.342 e. The first-order valence-electron chi connectivity index (χ1n) is 10.3. The molecular formula is C22H31N3O2. The van der Waals surface area contributed by atoms with Crippen LogP contribution in [0.15, 0.2) is 18.2 Å². The highest BCUT2D eigenvalue weighted by Crippen LogP contribution is 2.38. The molecule has 5 nitrogen and oxygen atoms in total. The summed E-state index contributed by atoms with van der Waals surface area (Å²) in [6, 6.07) is 6.23. The molecule has 3 fully saturated rings. The second kappa shape index (κ2) is 7.27. The third-order valence-electron chi connectivity index (χ3n) is 6.75. The Kier molecular flexibility index (Phi) is 4.97. The van der Waals surface area contributed by atoms with E-state index in [2.05, 4.69) is 6.07 Å². The molecule has 0 radical (unpaired) electrons. The van der Waals surface area contributed by atoms with E-state index in [-0.39, 0.29) is 23.8 Å². The maximum atomic E-state index is 13.1. The van der Waals surface area contributed by atoms with Crippen molar-refractivity contribution in [1.29, 1.82) is 0 Å². The number of piperidine rings is 1. The highest BCUT2D eigenvalue weighted by atomic mass is 16.2. The van der Waals surface area contributed by atoms with Crippen molar-refractivity contribution < 1.29 is 9.59 Å². The van der Waals surface area contributed by atoms with Crippen LogP contribution >= 0.6 is 0 Å². The summed E-state index contributed by atoms with van der Waals surface area (Å²) in [5.41, 5.74) is 9.16. The molecule has 1 aromatic rings. The average Bonchev–Trinajstić information content (AvgIpc) is 3.22. The number of nitrogens with two attached hydrogens (primary N) is 1. The van der Waals surface area contributed by atoms with Gasteiger partial charge in [0.1, 0.15) is 0 Å². The fourth-order valence-corrected chi connectivity index (χ4v) is 5.39. The lowest BCUT2D eigenvalue weighted by molar-refractivity contribution is -0.136. The van der Waals surface area contributed by atoms with Crippen LogP contribution in [-0.2, 0) is 4.79 Å². The van der Waals surface area contributed by atoms with Crippen LogP contribution in [0.4, 0.5) is 0 Å². The first-order valence-corrected chi connectivity index (χ1v) is 10.3. The van der Waals surface area contributed by atoms with Crippen molar-refractivity contribution in [3.8, 4) is 0 Å². The van der Waals surface area contributed by atoms with Crippen molar-refractivity contribution in [2.45, 2.75) is 45.6 Å². The van der Waals surface area contributed by atoms with Crippen molar-refractivity contribution in [3.63, 3.8) is 0 Å². The summed E-state index contributed by atoms with van der Waals surface area (Å²) in [5.74, 6) is 1.28. The second-order valence-corrected chi connectivity index (χ2v) is 8.88. The van der Waals surface area contributed by atoms with Crippen molar-refractivity contribution in [2.24, 2.45) is 23.5 Å². The standard InChI is InChI=1S/C22H31N3O2/c1-14-8-15(2)10-18(9-14)22(27)24-7-3-4-17(12-24)21(26)25-11-16-5-6-20(23)19(16)13-25/h8-10,16-17,19-20H,3-7,11-13,23H2,1-2H3. The van der Waals surface area contributed by atoms with Gasteiger partial charge in [0.25, 0.3) is 5.91 Å². The van der Waals surface area contributed by atoms with Gasteiger partial charge in [0.2, 0.25) is 5.91 Å². The molecule has 1 aliphatic carbocycles. The number of amides is 2. The molecule has 2 aliphatic heterocycles. The van der Waals surface area contributed by atoms with E-state index >= 15 is 0 Å². The molecular weight excluding hydrogens is 338 g/mol. The molecule has 2 saturated heterocycles. The van der Waals surface area contributed by atoms with E-state index in [9.17, 15) is 9.59 Å². The Hall–Kier alpha value is -1.88. The maximum Gasteiger partial charge on any atom is 0.253 e. The molecule has 2 N–H and O–H groups in total. The first-order chi connectivity index (χ1) is 12.9. The summed E-state index contributed by atoms with van der Waals surface area (Å²) in [7, 11) is 0. The van der Waals surface area contributed by atoms with Gasteiger partial charge in [-0.05, 0) is 63.5 Å². The number of carbonyl (C=O) groups is 2. The lowest BCUT2D eigenvalue weighted by Gasteiger charge is -2.34. The normalized spacial score (nSPS) is 30.5. The number of fused-ring (bicyclic) bond motifs is 1. The molecule has 0 spiro atoms. The number of hydrogen-bond acceptors (Lipinski definition) is 3. The van der Waals surface area contributed by atoms with Crippen molar-refractivity contribution >= 4 is 11.8 Å². The first kappa shape index (κ1) is 18.5. The second-order valence-electron chi connectivity index (χ2n) is 8.88. The Morgan fingerprint density at radius 1 is 0.963 bits per heavy atom. The van der Waals surface area contributed by atoms with E-state index < -0.39 is 0 Å². The SMILES string of the molecule is Cc1cc(C)cc(C(=O)N2CCCC(C(=O)N3CC4CCC(N)C4C3)C2)c1. The molecule has 2 heterocycles. The van der Waals surface area contributed by atoms with Gasteiger partial charge in [-0.2, -0.15) is 0 Å². The maximum absolute atomic E-state index is 13.1. The van der Waals surface area contributed by atoms with Gasteiger partial charge in [0.05, 0.1) is 5.92 Å². The number of benzene rings is 1. The summed E-state index contributed by atoms with van der Waals surface area (Å²) < 4.78 is 0. The van der Waals surface area contributed by atoms with Crippen LogP contribution in [0.1, 0.15) is 47.2 Å². The number of likely N-dealkylation sites (tertiary alicyclic amines) is 2. The molecule has 4 atom stereocenters. The number of rotatable bonds is 2. The van der Waals surface area contributed by atoms with Crippen LogP contribution in [-0.4, -0.2) is 53.8 Å². The smallest absolute Gasteiger partial charge is 0.253 e. The minimum Gasteiger partial charge on any atom is -0.342 e. The van der Waals surface area contributed by atoms with Gasteiger partial charge in [-0.3, -0.25) is 9.59 Å². The minimum atomic E-state index is -0.0661. The van der Waals surface area contributed by atoms with Crippen LogP contribution in [0.5, 0.6) is 0 Å². The van der Waals surface area contributed by atoms with Gasteiger partial charge >= 0.3 is 0 Å². The lowest BCUT2D eigenvalue weighted by Crippen LogP contribution is -2.46. The zero-order valence-electron chi connectivity index (χ0n) is 16.5. The Bertz CT molecular complexity index is 727. The van der Waals surface area contributed by atoms with E-state index in [1.165, 1.54) is 0 Å². The Labute approximate surface area is 161 Å². The fraction of sp³-hybridized carbons (Fsp3) is 0.636. The van der Waals surface area contributed by atoms with E-state index in [1.54, 1.807) is 0 Å². The van der Waals surface area contributed by atoms with Crippen LogP contribution in [0.2, 0.25) is 0 Å². The third kappa shape index (κ3) is 3.62. The van der Waals surface area contributed by atoms with Crippen molar-refractivity contribution in [3.05, 3.63) is 34.9 Å². The van der Waals surface area contributed by atoms with Gasteiger partial charge in [0, 0.05) is 37.8 Å². The molecule has 146 valence electrons. The highest BCUT2D eigenvalue weighted by Gasteiger charge is 2.44. The fourth-order valence-electron chi connectivity index (χ4n) is 5.39. The molecule has 4 unspecified atom stereocenters. The summed E-state index contributed by atoms with van der Waals surface area (Å²) in [6.07, 6.45) is 4.02. The third-order valence-corrected chi connectivity index (χ3v) is 6.75. The predicted octanol–water partition coefficient (Wildman–Crippen LogP) is 2.35. The summed E-state index contributed by atoms with van der Waals surface area (Å²) >= 11 is 0. The highest BCUT2D eigenvalue weighted by molar-refractivity contribution is 5.95. The molecule has 3 aliphatic rings. The zero-order valence-corrected chi connectivity index (χ0v) is 16.5. The van der Waals surface area contributed by atoms with Crippen LogP contribution in [0.3, 0.4) is 0 Å². The van der Waals surface area contributed by atoms with E-state index in [0.717, 1.165) is 62.0 Å². The number of carbonyl (C=O) groups excluding carboxylic acids is 2. The van der Waals surface area contributed by atoms with Crippen molar-refractivity contribution in [2.75, 3.05) is 26.2 Å². The average molecular weight is 370 g/mol. The molecule has 27 heavy (non-hydrogen) atoms. The summed E-state index contributed by atoms with van der Waals surface area (Å²) in [6.45, 7) is 6.99. The quantitative estimate of drug-likeness (QED) is 0.870. The Balaban J connectivity index is 1.42. The number of nitrogens with zero attached hydrogens (tertiary/aromatic N) is 2. The summed E-state index contributed by atoms with van der Waals surface area (Å²) in [4.78, 5) is 30.0. The number of aryl methyl sites for hydroxylation is 2. The minimum absolute atomic E-state index is 0.0552. The molecule has 0 bridgehead atoms. The van der Waals surface area contributed by atoms with E-state index in [0.29, 0.717) is 18.4 Å². The topological polar surface area (TPSA) is 66.6 Å². The summed E-state index contributed by atoms with van der Waals surface area (Å²) in [5, 5.41) is 0. The molecule has 1 aromatic carbocycles. The molecule has 5 heteroatoms. The predicted molar refractivity (Wildman–Crippen MR) is 105 cm³/mol. The molecule has 0 aromatic heterocycles. The molecule has 1 saturated carbocycles. The van der Waals surface area contributed by atoms with Gasteiger partial charge < -0.3 is 15.5 Å². The van der Waals surface area contributed by atoms with Crippen LogP contribution in [0, 0.1) is 31.6 Å². The van der Waals surface area contributed by atoms with Gasteiger partial charge in [-0.15, -0.1) is 0 Å². The number of hydrogen-bond donors (Lipinski definition) is 1. The van der Waals surface area contributed by atoms with Crippen LogP contribution < -0.4 is 5.73 Å².